The van der Waals surface area contributed by atoms with Crippen molar-refractivity contribution in [1.29, 1.82) is 0 Å². The normalized spacial score (nSPS) is 14.5. The number of halogens is 1. The zero-order valence-corrected chi connectivity index (χ0v) is 15.2. The second-order valence-corrected chi connectivity index (χ2v) is 7.05. The summed E-state index contributed by atoms with van der Waals surface area (Å²) >= 11 is 1.29. The molecule has 3 N–H and O–H groups in total. The lowest BCUT2D eigenvalue weighted by Crippen LogP contribution is -2.53. The summed E-state index contributed by atoms with van der Waals surface area (Å²) in [6.07, 6.45) is 1.19. The van der Waals surface area contributed by atoms with Gasteiger partial charge in [0.15, 0.2) is 0 Å². The SMILES string of the molecule is O=C(NC1CCN(C(=O)NNC(=O)c2cccs2)CC1)c1ccc(F)cc1. The topological polar surface area (TPSA) is 90.5 Å². The van der Waals surface area contributed by atoms with Crippen LogP contribution in [0.1, 0.15) is 32.9 Å². The molecule has 1 aliphatic rings. The van der Waals surface area contributed by atoms with Crippen LogP contribution >= 0.6 is 11.3 Å². The molecular formula is C18H19FN4O3S. The average Bonchev–Trinajstić information content (AvgIpc) is 3.22. The molecule has 0 bridgehead atoms. The Morgan fingerprint density at radius 3 is 2.33 bits per heavy atom. The van der Waals surface area contributed by atoms with E-state index in [1.54, 1.807) is 22.4 Å². The minimum absolute atomic E-state index is 0.0627. The van der Waals surface area contributed by atoms with Gasteiger partial charge in [0.2, 0.25) is 0 Å². The smallest absolute Gasteiger partial charge is 0.336 e. The summed E-state index contributed by atoms with van der Waals surface area (Å²) < 4.78 is 12.9. The highest BCUT2D eigenvalue weighted by atomic mass is 32.1. The highest BCUT2D eigenvalue weighted by Gasteiger charge is 2.24. The van der Waals surface area contributed by atoms with Crippen LogP contribution < -0.4 is 16.2 Å². The number of nitrogens with zero attached hydrogens (tertiary/aromatic N) is 1. The molecule has 2 heterocycles. The van der Waals surface area contributed by atoms with Crippen molar-refractivity contribution in [2.75, 3.05) is 13.1 Å². The molecule has 0 saturated carbocycles. The minimum atomic E-state index is -0.392. The highest BCUT2D eigenvalue weighted by molar-refractivity contribution is 7.12. The number of urea groups is 1. The standard InChI is InChI=1S/C18H19FN4O3S/c19-13-5-3-12(4-6-13)16(24)20-14-7-9-23(10-8-14)18(26)22-21-17(25)15-2-1-11-27-15/h1-6,11,14H,7-10H2,(H,20,24)(H,21,25)(H,22,26). The summed E-state index contributed by atoms with van der Waals surface area (Å²) in [6.45, 7) is 0.907. The Hall–Kier alpha value is -2.94. The highest BCUT2D eigenvalue weighted by Crippen LogP contribution is 2.12. The van der Waals surface area contributed by atoms with E-state index in [1.807, 2.05) is 0 Å². The fraction of sp³-hybridized carbons (Fsp3) is 0.278. The van der Waals surface area contributed by atoms with Gasteiger partial charge in [0, 0.05) is 24.7 Å². The van der Waals surface area contributed by atoms with Crippen LogP contribution in [-0.4, -0.2) is 41.9 Å². The molecule has 0 atom stereocenters. The van der Waals surface area contributed by atoms with Crippen LogP contribution in [0, 0.1) is 5.82 Å². The van der Waals surface area contributed by atoms with Crippen LogP contribution in [0.3, 0.4) is 0 Å². The van der Waals surface area contributed by atoms with E-state index in [0.717, 1.165) is 0 Å². The second-order valence-electron chi connectivity index (χ2n) is 6.10. The molecule has 7 nitrogen and oxygen atoms in total. The molecule has 0 radical (unpaired) electrons. The molecule has 0 aliphatic carbocycles. The van der Waals surface area contributed by atoms with E-state index < -0.39 is 5.82 Å². The van der Waals surface area contributed by atoms with Crippen LogP contribution in [0.4, 0.5) is 9.18 Å². The van der Waals surface area contributed by atoms with E-state index in [-0.39, 0.29) is 23.9 Å². The minimum Gasteiger partial charge on any atom is -0.349 e. The fourth-order valence-electron chi connectivity index (χ4n) is 2.76. The van der Waals surface area contributed by atoms with E-state index in [1.165, 1.54) is 35.6 Å². The molecule has 0 unspecified atom stereocenters. The third-order valence-electron chi connectivity index (χ3n) is 4.25. The number of nitrogens with one attached hydrogen (secondary N) is 3. The summed E-state index contributed by atoms with van der Waals surface area (Å²) in [4.78, 5) is 38.2. The molecule has 142 valence electrons. The molecule has 1 aliphatic heterocycles. The predicted molar refractivity (Wildman–Crippen MR) is 98.8 cm³/mol. The molecular weight excluding hydrogens is 371 g/mol. The van der Waals surface area contributed by atoms with Gasteiger partial charge in [-0.25, -0.2) is 14.6 Å². The maximum atomic E-state index is 12.9. The molecule has 1 aromatic heterocycles. The molecule has 1 saturated heterocycles. The lowest BCUT2D eigenvalue weighted by molar-refractivity contribution is 0.0901. The first-order chi connectivity index (χ1) is 13.0. The summed E-state index contributed by atoms with van der Waals surface area (Å²) in [5.74, 6) is -1.02. The Morgan fingerprint density at radius 2 is 1.70 bits per heavy atom. The Labute approximate surface area is 159 Å². The maximum absolute atomic E-state index is 12.9. The van der Waals surface area contributed by atoms with Gasteiger partial charge in [-0.05, 0) is 48.6 Å². The lowest BCUT2D eigenvalue weighted by Gasteiger charge is -2.32. The number of likely N-dealkylation sites (tertiary alicyclic amines) is 1. The van der Waals surface area contributed by atoms with E-state index >= 15 is 0 Å². The number of benzene rings is 1. The monoisotopic (exact) mass is 390 g/mol. The van der Waals surface area contributed by atoms with Gasteiger partial charge >= 0.3 is 6.03 Å². The van der Waals surface area contributed by atoms with Gasteiger partial charge in [0.1, 0.15) is 5.82 Å². The van der Waals surface area contributed by atoms with E-state index in [2.05, 4.69) is 16.2 Å². The molecule has 27 heavy (non-hydrogen) atoms. The fourth-order valence-corrected chi connectivity index (χ4v) is 3.37. The van der Waals surface area contributed by atoms with Crippen molar-refractivity contribution in [2.45, 2.75) is 18.9 Å². The Kier molecular flexibility index (Phi) is 6.02. The van der Waals surface area contributed by atoms with Gasteiger partial charge < -0.3 is 10.2 Å². The third-order valence-corrected chi connectivity index (χ3v) is 5.12. The van der Waals surface area contributed by atoms with Crippen LogP contribution in [-0.2, 0) is 0 Å². The number of thiophene rings is 1. The van der Waals surface area contributed by atoms with Crippen LogP contribution in [0.15, 0.2) is 41.8 Å². The number of hydrogen-bond donors (Lipinski definition) is 3. The molecule has 4 amide bonds. The van der Waals surface area contributed by atoms with E-state index in [0.29, 0.717) is 36.4 Å². The number of amides is 4. The number of carbonyl (C=O) groups is 3. The molecule has 2 aromatic rings. The lowest BCUT2D eigenvalue weighted by atomic mass is 10.0. The van der Waals surface area contributed by atoms with Crippen molar-refractivity contribution in [3.63, 3.8) is 0 Å². The number of piperidine rings is 1. The number of hydrazine groups is 1. The van der Waals surface area contributed by atoms with Gasteiger partial charge in [-0.15, -0.1) is 11.3 Å². The first kappa shape index (κ1) is 18.8. The van der Waals surface area contributed by atoms with E-state index in [9.17, 15) is 18.8 Å². The first-order valence-electron chi connectivity index (χ1n) is 8.48. The predicted octanol–water partition coefficient (Wildman–Crippen LogP) is 2.14. The van der Waals surface area contributed by atoms with Crippen molar-refractivity contribution in [2.24, 2.45) is 0 Å². The second kappa shape index (κ2) is 8.63. The maximum Gasteiger partial charge on any atom is 0.336 e. The van der Waals surface area contributed by atoms with Gasteiger partial charge in [0.25, 0.3) is 11.8 Å². The first-order valence-corrected chi connectivity index (χ1v) is 9.36. The number of rotatable bonds is 3. The van der Waals surface area contributed by atoms with Gasteiger partial charge in [-0.1, -0.05) is 6.07 Å². The Bertz CT molecular complexity index is 803. The zero-order valence-electron chi connectivity index (χ0n) is 14.4. The summed E-state index contributed by atoms with van der Waals surface area (Å²) in [5.41, 5.74) is 5.18. The van der Waals surface area contributed by atoms with Crippen molar-refractivity contribution in [3.05, 3.63) is 58.0 Å². The Morgan fingerprint density at radius 1 is 1.00 bits per heavy atom. The zero-order chi connectivity index (χ0) is 19.2. The Balaban J connectivity index is 1.41. The van der Waals surface area contributed by atoms with Gasteiger partial charge in [0.05, 0.1) is 4.88 Å². The quantitative estimate of drug-likeness (QED) is 0.702. The van der Waals surface area contributed by atoms with E-state index in [4.69, 9.17) is 0 Å². The van der Waals surface area contributed by atoms with Crippen LogP contribution in [0.2, 0.25) is 0 Å². The average molecular weight is 390 g/mol. The molecule has 1 fully saturated rings. The summed E-state index contributed by atoms with van der Waals surface area (Å²) in [6, 6.07) is 8.33. The third kappa shape index (κ3) is 5.04. The summed E-state index contributed by atoms with van der Waals surface area (Å²) in [5, 5.41) is 4.67. The molecule has 1 aromatic carbocycles. The van der Waals surface area contributed by atoms with Gasteiger partial charge in [-0.2, -0.15) is 0 Å². The van der Waals surface area contributed by atoms with Crippen LogP contribution in [0.25, 0.3) is 0 Å². The van der Waals surface area contributed by atoms with Gasteiger partial charge in [-0.3, -0.25) is 15.0 Å². The molecule has 3 rings (SSSR count). The molecule has 9 heteroatoms. The number of carbonyl (C=O) groups excluding carboxylic acids is 3. The number of hydrogen-bond acceptors (Lipinski definition) is 4. The van der Waals surface area contributed by atoms with Crippen LogP contribution in [0.5, 0.6) is 0 Å². The van der Waals surface area contributed by atoms with Crippen molar-refractivity contribution < 1.29 is 18.8 Å². The largest absolute Gasteiger partial charge is 0.349 e. The van der Waals surface area contributed by atoms with Crippen molar-refractivity contribution >= 4 is 29.2 Å². The summed E-state index contributed by atoms with van der Waals surface area (Å²) in [7, 11) is 0. The van der Waals surface area contributed by atoms with Crippen molar-refractivity contribution in [1.82, 2.24) is 21.1 Å². The van der Waals surface area contributed by atoms with Crippen molar-refractivity contribution in [3.8, 4) is 0 Å². The molecule has 0 spiro atoms.